The molecule has 2 rings (SSSR count). The number of likely N-dealkylation sites (N-methyl/N-ethyl adjacent to an activating group) is 1. The molecule has 0 spiro atoms. The van der Waals surface area contributed by atoms with Gasteiger partial charge >= 0.3 is 0 Å². The first-order valence-electron chi connectivity index (χ1n) is 4.07. The van der Waals surface area contributed by atoms with E-state index in [2.05, 4.69) is 5.32 Å². The van der Waals surface area contributed by atoms with E-state index in [0.29, 0.717) is 12.2 Å². The molecular formula is C9H11N3O. The number of carbonyl (C=O) groups is 1. The van der Waals surface area contributed by atoms with E-state index in [4.69, 9.17) is 5.73 Å². The van der Waals surface area contributed by atoms with Crippen molar-refractivity contribution in [3.05, 3.63) is 18.2 Å². The Kier molecular flexibility index (Phi) is 1.62. The Bertz CT molecular complexity index is 362. The molecule has 13 heavy (non-hydrogen) atoms. The molecule has 0 saturated carbocycles. The molecule has 0 saturated heterocycles. The molecule has 0 fully saturated rings. The second kappa shape index (κ2) is 2.65. The predicted molar refractivity (Wildman–Crippen MR) is 52.8 cm³/mol. The van der Waals surface area contributed by atoms with Gasteiger partial charge in [-0.2, -0.15) is 0 Å². The number of nitrogens with two attached hydrogens (primary N) is 1. The van der Waals surface area contributed by atoms with Crippen molar-refractivity contribution in [2.45, 2.75) is 0 Å². The molecule has 1 heterocycles. The molecular weight excluding hydrogens is 166 g/mol. The molecule has 4 nitrogen and oxygen atoms in total. The molecule has 4 heteroatoms. The Hall–Kier alpha value is -1.71. The number of rotatable bonds is 0. The van der Waals surface area contributed by atoms with Crippen molar-refractivity contribution >= 4 is 23.0 Å². The molecule has 1 aromatic rings. The summed E-state index contributed by atoms with van der Waals surface area (Å²) in [6.45, 7) is 0.400. The number of fused-ring (bicyclic) bond motifs is 1. The minimum Gasteiger partial charge on any atom is -0.399 e. The highest BCUT2D eigenvalue weighted by atomic mass is 16.2. The summed E-state index contributed by atoms with van der Waals surface area (Å²) in [5, 5.41) is 2.77. The van der Waals surface area contributed by atoms with Gasteiger partial charge in [-0.25, -0.2) is 0 Å². The van der Waals surface area contributed by atoms with Crippen LogP contribution in [0.4, 0.5) is 17.1 Å². The lowest BCUT2D eigenvalue weighted by molar-refractivity contribution is -0.115. The van der Waals surface area contributed by atoms with E-state index >= 15 is 0 Å². The second-order valence-corrected chi connectivity index (χ2v) is 3.18. The molecule has 0 bridgehead atoms. The van der Waals surface area contributed by atoms with Crippen LogP contribution >= 0.6 is 0 Å². The Morgan fingerprint density at radius 1 is 1.54 bits per heavy atom. The molecule has 0 unspecified atom stereocenters. The monoisotopic (exact) mass is 177 g/mol. The third kappa shape index (κ3) is 1.30. The van der Waals surface area contributed by atoms with Crippen molar-refractivity contribution in [1.29, 1.82) is 0 Å². The second-order valence-electron chi connectivity index (χ2n) is 3.18. The van der Waals surface area contributed by atoms with E-state index < -0.39 is 0 Å². The first kappa shape index (κ1) is 7.91. The van der Waals surface area contributed by atoms with Gasteiger partial charge in [-0.1, -0.05) is 0 Å². The number of hydrogen-bond acceptors (Lipinski definition) is 3. The van der Waals surface area contributed by atoms with E-state index in [1.807, 2.05) is 24.1 Å². The molecule has 0 radical (unpaired) electrons. The zero-order valence-corrected chi connectivity index (χ0v) is 7.37. The lowest BCUT2D eigenvalue weighted by atomic mass is 10.2. The Morgan fingerprint density at radius 3 is 3.08 bits per heavy atom. The molecule has 1 aromatic carbocycles. The molecule has 1 aliphatic rings. The number of anilines is 3. The van der Waals surface area contributed by atoms with Crippen molar-refractivity contribution in [3.63, 3.8) is 0 Å². The van der Waals surface area contributed by atoms with Crippen LogP contribution in [0, 0.1) is 0 Å². The predicted octanol–water partition coefficient (Wildman–Crippen LogP) is 0.657. The van der Waals surface area contributed by atoms with Crippen LogP contribution in [0.25, 0.3) is 0 Å². The van der Waals surface area contributed by atoms with E-state index in [-0.39, 0.29) is 5.91 Å². The minimum absolute atomic E-state index is 0.000556. The largest absolute Gasteiger partial charge is 0.399 e. The van der Waals surface area contributed by atoms with Crippen LogP contribution in [-0.2, 0) is 4.79 Å². The molecule has 0 aromatic heterocycles. The van der Waals surface area contributed by atoms with Gasteiger partial charge in [0.25, 0.3) is 0 Å². The van der Waals surface area contributed by atoms with Crippen LogP contribution in [0.1, 0.15) is 0 Å². The van der Waals surface area contributed by atoms with Crippen molar-refractivity contribution in [3.8, 4) is 0 Å². The molecule has 68 valence electrons. The van der Waals surface area contributed by atoms with Gasteiger partial charge in [0.15, 0.2) is 0 Å². The van der Waals surface area contributed by atoms with Gasteiger partial charge in [-0.3, -0.25) is 4.79 Å². The summed E-state index contributed by atoms with van der Waals surface area (Å²) in [6.07, 6.45) is 0. The van der Waals surface area contributed by atoms with Gasteiger partial charge in [0.2, 0.25) is 5.91 Å². The van der Waals surface area contributed by atoms with Gasteiger partial charge in [0.05, 0.1) is 17.9 Å². The molecule has 3 N–H and O–H groups in total. The van der Waals surface area contributed by atoms with Crippen LogP contribution < -0.4 is 16.0 Å². The minimum atomic E-state index is 0.000556. The number of amides is 1. The molecule has 0 atom stereocenters. The first-order valence-corrected chi connectivity index (χ1v) is 4.07. The fourth-order valence-corrected chi connectivity index (χ4v) is 1.48. The van der Waals surface area contributed by atoms with Crippen LogP contribution in [-0.4, -0.2) is 19.5 Å². The summed E-state index contributed by atoms with van der Waals surface area (Å²) in [4.78, 5) is 13.1. The Labute approximate surface area is 76.3 Å². The average molecular weight is 177 g/mol. The SMILES string of the molecule is CN1CC(=O)Nc2cc(N)ccc21. The van der Waals surface area contributed by atoms with Crippen LogP contribution in [0.5, 0.6) is 0 Å². The number of carbonyl (C=O) groups excluding carboxylic acids is 1. The fourth-order valence-electron chi connectivity index (χ4n) is 1.48. The van der Waals surface area contributed by atoms with Crippen LogP contribution in [0.15, 0.2) is 18.2 Å². The summed E-state index contributed by atoms with van der Waals surface area (Å²) in [7, 11) is 1.88. The van der Waals surface area contributed by atoms with Gasteiger partial charge in [0.1, 0.15) is 0 Å². The topological polar surface area (TPSA) is 58.4 Å². The lowest BCUT2D eigenvalue weighted by Crippen LogP contribution is -2.35. The molecule has 0 aliphatic carbocycles. The van der Waals surface area contributed by atoms with Gasteiger partial charge < -0.3 is 16.0 Å². The van der Waals surface area contributed by atoms with E-state index in [0.717, 1.165) is 11.4 Å². The zero-order valence-electron chi connectivity index (χ0n) is 7.37. The van der Waals surface area contributed by atoms with Gasteiger partial charge in [0, 0.05) is 12.7 Å². The number of hydrogen-bond donors (Lipinski definition) is 2. The number of benzene rings is 1. The summed E-state index contributed by atoms with van der Waals surface area (Å²) < 4.78 is 0. The maximum atomic E-state index is 11.2. The highest BCUT2D eigenvalue weighted by Crippen LogP contribution is 2.29. The Balaban J connectivity index is 2.49. The van der Waals surface area contributed by atoms with Gasteiger partial charge in [-0.15, -0.1) is 0 Å². The van der Waals surface area contributed by atoms with Crippen LogP contribution in [0.3, 0.4) is 0 Å². The molecule has 1 aliphatic heterocycles. The van der Waals surface area contributed by atoms with Crippen molar-refractivity contribution in [2.24, 2.45) is 0 Å². The maximum Gasteiger partial charge on any atom is 0.243 e. The summed E-state index contributed by atoms with van der Waals surface area (Å²) in [6, 6.07) is 5.50. The highest BCUT2D eigenvalue weighted by Gasteiger charge is 2.18. The van der Waals surface area contributed by atoms with Crippen LogP contribution in [0.2, 0.25) is 0 Å². The Morgan fingerprint density at radius 2 is 2.31 bits per heavy atom. The third-order valence-electron chi connectivity index (χ3n) is 2.09. The quantitative estimate of drug-likeness (QED) is 0.572. The number of nitrogen functional groups attached to an aromatic ring is 1. The lowest BCUT2D eigenvalue weighted by Gasteiger charge is -2.27. The van der Waals surface area contributed by atoms with Crippen molar-refractivity contribution in [1.82, 2.24) is 0 Å². The van der Waals surface area contributed by atoms with Crippen molar-refractivity contribution in [2.75, 3.05) is 29.5 Å². The van der Waals surface area contributed by atoms with E-state index in [1.54, 1.807) is 6.07 Å². The summed E-state index contributed by atoms with van der Waals surface area (Å²) in [5.41, 5.74) is 8.06. The first-order chi connectivity index (χ1) is 6.16. The molecule has 1 amide bonds. The number of nitrogens with zero attached hydrogens (tertiary/aromatic N) is 1. The number of nitrogens with one attached hydrogen (secondary N) is 1. The van der Waals surface area contributed by atoms with Crippen molar-refractivity contribution < 1.29 is 4.79 Å². The third-order valence-corrected chi connectivity index (χ3v) is 2.09. The maximum absolute atomic E-state index is 11.2. The normalized spacial score (nSPS) is 15.2. The summed E-state index contributed by atoms with van der Waals surface area (Å²) in [5.74, 6) is 0.000556. The summed E-state index contributed by atoms with van der Waals surface area (Å²) >= 11 is 0. The average Bonchev–Trinajstić information content (AvgIpc) is 2.02. The van der Waals surface area contributed by atoms with E-state index in [1.165, 1.54) is 0 Å². The zero-order chi connectivity index (χ0) is 9.42. The standard InChI is InChI=1S/C9H11N3O/c1-12-5-9(13)11-7-4-6(10)2-3-8(7)12/h2-4H,5,10H2,1H3,(H,11,13). The smallest absolute Gasteiger partial charge is 0.243 e. The van der Waals surface area contributed by atoms with E-state index in [9.17, 15) is 4.79 Å². The highest BCUT2D eigenvalue weighted by molar-refractivity contribution is 6.01. The fraction of sp³-hybridized carbons (Fsp3) is 0.222. The van der Waals surface area contributed by atoms with Gasteiger partial charge in [-0.05, 0) is 18.2 Å².